The van der Waals surface area contributed by atoms with Gasteiger partial charge in [0.2, 0.25) is 0 Å². The number of rotatable bonds is 5. The first-order chi connectivity index (χ1) is 9.97. The van der Waals surface area contributed by atoms with Crippen LogP contribution in [-0.2, 0) is 9.53 Å². The molecule has 0 bridgehead atoms. The molecule has 0 spiro atoms. The van der Waals surface area contributed by atoms with Gasteiger partial charge in [-0.2, -0.15) is 0 Å². The van der Waals surface area contributed by atoms with Gasteiger partial charge in [0.05, 0.1) is 18.6 Å². The van der Waals surface area contributed by atoms with E-state index in [0.29, 0.717) is 12.6 Å². The fourth-order valence-corrected chi connectivity index (χ4v) is 2.92. The minimum absolute atomic E-state index is 0.0218. The number of carbonyl (C=O) groups is 2. The van der Waals surface area contributed by atoms with E-state index in [1.165, 1.54) is 17.7 Å². The first-order valence-electron chi connectivity index (χ1n) is 7.54. The maximum atomic E-state index is 11.9. The zero-order valence-electron chi connectivity index (χ0n) is 12.7. The predicted molar refractivity (Wildman–Crippen MR) is 77.2 cm³/mol. The Labute approximate surface area is 125 Å². The lowest BCUT2D eigenvalue weighted by molar-refractivity contribution is -0.141. The van der Waals surface area contributed by atoms with Crippen LogP contribution in [0.4, 0.5) is 4.79 Å². The van der Waals surface area contributed by atoms with Gasteiger partial charge in [-0.1, -0.05) is 6.92 Å². The molecule has 2 fully saturated rings. The summed E-state index contributed by atoms with van der Waals surface area (Å²) in [5.74, 6) is -1.47. The van der Waals surface area contributed by atoms with E-state index in [0.717, 1.165) is 19.7 Å². The molecular formula is C14H25N3O4. The maximum Gasteiger partial charge on any atom is 0.317 e. The van der Waals surface area contributed by atoms with Gasteiger partial charge in [-0.15, -0.1) is 0 Å². The molecule has 7 heteroatoms. The van der Waals surface area contributed by atoms with Crippen LogP contribution in [0.5, 0.6) is 0 Å². The third-order valence-corrected chi connectivity index (χ3v) is 4.26. The number of carbonyl (C=O) groups excluding carboxylic acids is 1. The van der Waals surface area contributed by atoms with E-state index in [-0.39, 0.29) is 18.7 Å². The van der Waals surface area contributed by atoms with E-state index >= 15 is 0 Å². The average molecular weight is 299 g/mol. The molecule has 2 heterocycles. The van der Waals surface area contributed by atoms with Crippen molar-refractivity contribution in [3.8, 4) is 0 Å². The van der Waals surface area contributed by atoms with E-state index in [2.05, 4.69) is 10.2 Å². The summed E-state index contributed by atoms with van der Waals surface area (Å²) in [4.78, 5) is 26.5. The van der Waals surface area contributed by atoms with Gasteiger partial charge < -0.3 is 20.1 Å². The Balaban J connectivity index is 1.70. The normalized spacial score (nSPS) is 27.0. The fraction of sp³-hybridized carbons (Fsp3) is 0.857. The molecule has 2 aliphatic rings. The van der Waals surface area contributed by atoms with Gasteiger partial charge in [0.25, 0.3) is 0 Å². The third-order valence-electron chi connectivity index (χ3n) is 4.26. The summed E-state index contributed by atoms with van der Waals surface area (Å²) in [6, 6.07) is 0.297. The van der Waals surface area contributed by atoms with Crippen molar-refractivity contribution in [1.29, 1.82) is 0 Å². The van der Waals surface area contributed by atoms with Crippen molar-refractivity contribution >= 4 is 12.0 Å². The quantitative estimate of drug-likeness (QED) is 0.758. The molecule has 0 aromatic rings. The molecule has 2 amide bonds. The number of hydrogen-bond donors (Lipinski definition) is 2. The first-order valence-corrected chi connectivity index (χ1v) is 7.54. The number of hydrogen-bond acceptors (Lipinski definition) is 4. The first kappa shape index (κ1) is 16.0. The van der Waals surface area contributed by atoms with Crippen molar-refractivity contribution in [1.82, 2.24) is 15.1 Å². The molecule has 0 aromatic carbocycles. The molecular weight excluding hydrogens is 274 g/mol. The van der Waals surface area contributed by atoms with Gasteiger partial charge in [0, 0.05) is 32.7 Å². The highest BCUT2D eigenvalue weighted by molar-refractivity contribution is 5.75. The van der Waals surface area contributed by atoms with E-state index < -0.39 is 11.9 Å². The molecule has 2 N–H and O–H groups in total. The number of nitrogens with one attached hydrogen (secondary N) is 1. The highest BCUT2D eigenvalue weighted by Gasteiger charge is 2.32. The molecule has 120 valence electrons. The topological polar surface area (TPSA) is 82.1 Å². The Bertz CT molecular complexity index is 390. The van der Waals surface area contributed by atoms with Crippen LogP contribution < -0.4 is 5.32 Å². The summed E-state index contributed by atoms with van der Waals surface area (Å²) >= 11 is 0. The minimum Gasteiger partial charge on any atom is -0.481 e. The summed E-state index contributed by atoms with van der Waals surface area (Å²) in [5.41, 5.74) is 0. The van der Waals surface area contributed by atoms with E-state index in [1.807, 2.05) is 0 Å². The molecule has 2 aliphatic heterocycles. The summed E-state index contributed by atoms with van der Waals surface area (Å²) < 4.78 is 5.77. The number of ether oxygens (including phenoxy) is 1. The van der Waals surface area contributed by atoms with Crippen molar-refractivity contribution in [2.75, 3.05) is 39.8 Å². The SMILES string of the molecule is CC(CN(C)C(=O)NCC1CN2CCCC2CO1)C(=O)O. The van der Waals surface area contributed by atoms with Crippen LogP contribution in [0.3, 0.4) is 0 Å². The van der Waals surface area contributed by atoms with Crippen molar-refractivity contribution in [2.45, 2.75) is 31.9 Å². The van der Waals surface area contributed by atoms with Crippen molar-refractivity contribution < 1.29 is 19.4 Å². The Hall–Kier alpha value is -1.34. The predicted octanol–water partition coefficient (Wildman–Crippen LogP) is 0.212. The second kappa shape index (κ2) is 7.09. The minimum atomic E-state index is -0.898. The van der Waals surface area contributed by atoms with Crippen molar-refractivity contribution in [3.05, 3.63) is 0 Å². The molecule has 3 unspecified atom stereocenters. The van der Waals surface area contributed by atoms with E-state index in [4.69, 9.17) is 9.84 Å². The van der Waals surface area contributed by atoms with Crippen molar-refractivity contribution in [3.63, 3.8) is 0 Å². The van der Waals surface area contributed by atoms with Gasteiger partial charge in [-0.3, -0.25) is 9.69 Å². The van der Waals surface area contributed by atoms with E-state index in [9.17, 15) is 9.59 Å². The number of amides is 2. The van der Waals surface area contributed by atoms with Gasteiger partial charge in [-0.25, -0.2) is 4.79 Å². The smallest absolute Gasteiger partial charge is 0.317 e. The largest absolute Gasteiger partial charge is 0.481 e. The fourth-order valence-electron chi connectivity index (χ4n) is 2.92. The van der Waals surface area contributed by atoms with Crippen molar-refractivity contribution in [2.24, 2.45) is 5.92 Å². The third kappa shape index (κ3) is 4.31. The number of fused-ring (bicyclic) bond motifs is 1. The average Bonchev–Trinajstić information content (AvgIpc) is 2.91. The maximum absolute atomic E-state index is 11.9. The Morgan fingerprint density at radius 2 is 2.29 bits per heavy atom. The van der Waals surface area contributed by atoms with Crippen LogP contribution >= 0.6 is 0 Å². The number of nitrogens with zero attached hydrogens (tertiary/aromatic N) is 2. The molecule has 2 saturated heterocycles. The monoisotopic (exact) mass is 299 g/mol. The standard InChI is InChI=1S/C14H25N3O4/c1-10(13(18)19)7-16(2)14(20)15-6-12-8-17-5-3-4-11(17)9-21-12/h10-12H,3-9H2,1-2H3,(H,15,20)(H,18,19). The van der Waals surface area contributed by atoms with Crippen LogP contribution in [0.1, 0.15) is 19.8 Å². The molecule has 0 aliphatic carbocycles. The zero-order chi connectivity index (χ0) is 15.4. The summed E-state index contributed by atoms with van der Waals surface area (Å²) in [5, 5.41) is 11.7. The highest BCUT2D eigenvalue weighted by Crippen LogP contribution is 2.22. The van der Waals surface area contributed by atoms with Crippen LogP contribution in [0.2, 0.25) is 0 Å². The number of urea groups is 1. The molecule has 0 saturated carbocycles. The van der Waals surface area contributed by atoms with Gasteiger partial charge >= 0.3 is 12.0 Å². The molecule has 0 aromatic heterocycles. The lowest BCUT2D eigenvalue weighted by atomic mass is 10.2. The Kier molecular flexibility index (Phi) is 5.41. The van der Waals surface area contributed by atoms with Crippen LogP contribution in [0, 0.1) is 5.92 Å². The second-order valence-electron chi connectivity index (χ2n) is 6.05. The Morgan fingerprint density at radius 1 is 1.52 bits per heavy atom. The number of aliphatic carboxylic acids is 1. The number of carboxylic acids is 1. The van der Waals surface area contributed by atoms with E-state index in [1.54, 1.807) is 14.0 Å². The molecule has 21 heavy (non-hydrogen) atoms. The molecule has 0 radical (unpaired) electrons. The molecule has 3 atom stereocenters. The summed E-state index contributed by atoms with van der Waals surface area (Å²) in [6.07, 6.45) is 2.45. The number of morpholine rings is 1. The molecule has 2 rings (SSSR count). The van der Waals surface area contributed by atoms with Gasteiger partial charge in [-0.05, 0) is 19.4 Å². The second-order valence-corrected chi connectivity index (χ2v) is 6.05. The summed E-state index contributed by atoms with van der Waals surface area (Å²) in [7, 11) is 1.60. The molecule has 7 nitrogen and oxygen atoms in total. The summed E-state index contributed by atoms with van der Waals surface area (Å²) in [6.45, 7) is 4.97. The lowest BCUT2D eigenvalue weighted by Crippen LogP contribution is -2.51. The number of carboxylic acid groups (broad SMARTS) is 1. The van der Waals surface area contributed by atoms with Crippen LogP contribution in [0.25, 0.3) is 0 Å². The van der Waals surface area contributed by atoms with Crippen LogP contribution in [0.15, 0.2) is 0 Å². The highest BCUT2D eigenvalue weighted by atomic mass is 16.5. The Morgan fingerprint density at radius 3 is 3.00 bits per heavy atom. The zero-order valence-corrected chi connectivity index (χ0v) is 12.7. The van der Waals surface area contributed by atoms with Crippen LogP contribution in [-0.4, -0.2) is 78.9 Å². The van der Waals surface area contributed by atoms with Gasteiger partial charge in [0.15, 0.2) is 0 Å². The lowest BCUT2D eigenvalue weighted by Gasteiger charge is -2.35. The van der Waals surface area contributed by atoms with Gasteiger partial charge in [0.1, 0.15) is 0 Å².